The van der Waals surface area contributed by atoms with E-state index >= 15 is 0 Å². The molecular weight excluding hydrogens is 328 g/mol. The lowest BCUT2D eigenvalue weighted by Crippen LogP contribution is -2.53. The Kier molecular flexibility index (Phi) is 5.27. The van der Waals surface area contributed by atoms with E-state index in [0.717, 1.165) is 18.8 Å². The summed E-state index contributed by atoms with van der Waals surface area (Å²) in [7, 11) is 0. The third-order valence-electron chi connectivity index (χ3n) is 4.18. The molecule has 8 heteroatoms. The van der Waals surface area contributed by atoms with Gasteiger partial charge in [-0.25, -0.2) is 4.98 Å². The van der Waals surface area contributed by atoms with Crippen LogP contribution in [0, 0.1) is 0 Å². The van der Waals surface area contributed by atoms with Gasteiger partial charge in [0.25, 0.3) is 5.91 Å². The average molecular weight is 350 g/mol. The molecule has 0 aromatic carbocycles. The highest BCUT2D eigenvalue weighted by atomic mass is 32.1. The fourth-order valence-electron chi connectivity index (χ4n) is 2.76. The van der Waals surface area contributed by atoms with Crippen LogP contribution in [-0.2, 0) is 6.54 Å². The molecule has 3 heterocycles. The first kappa shape index (κ1) is 17.1. The predicted octanol–water partition coefficient (Wildman–Crippen LogP) is 1.62. The van der Waals surface area contributed by atoms with Crippen LogP contribution < -0.4 is 5.32 Å². The average Bonchev–Trinajstić information content (AvgIpc) is 3.21. The van der Waals surface area contributed by atoms with Gasteiger partial charge in [-0.2, -0.15) is 0 Å². The molecule has 2 aromatic rings. The fraction of sp³-hybridized carbons (Fsp3) is 0.562. The number of piperidine rings is 1. The van der Waals surface area contributed by atoms with E-state index in [1.807, 2.05) is 24.7 Å². The number of amides is 1. The van der Waals surface area contributed by atoms with Crippen molar-refractivity contribution in [1.29, 1.82) is 0 Å². The fourth-order valence-corrected chi connectivity index (χ4v) is 3.31. The van der Waals surface area contributed by atoms with Gasteiger partial charge in [-0.1, -0.05) is 19.0 Å². The van der Waals surface area contributed by atoms with Crippen LogP contribution in [0.3, 0.4) is 0 Å². The zero-order chi connectivity index (χ0) is 17.1. The Morgan fingerprint density at radius 1 is 1.58 bits per heavy atom. The number of aliphatic hydroxyl groups is 1. The van der Waals surface area contributed by atoms with Crippen molar-refractivity contribution < 1.29 is 14.4 Å². The first-order chi connectivity index (χ1) is 11.5. The molecule has 0 radical (unpaired) electrons. The van der Waals surface area contributed by atoms with Crippen molar-refractivity contribution >= 4 is 17.2 Å². The Balaban J connectivity index is 1.53. The second kappa shape index (κ2) is 7.42. The van der Waals surface area contributed by atoms with Gasteiger partial charge in [0.2, 0.25) is 0 Å². The van der Waals surface area contributed by atoms with Gasteiger partial charge in [0.05, 0.1) is 23.4 Å². The number of nitrogens with one attached hydrogen (secondary N) is 1. The van der Waals surface area contributed by atoms with Crippen molar-refractivity contribution in [3.05, 3.63) is 34.1 Å². The predicted molar refractivity (Wildman–Crippen MR) is 89.9 cm³/mol. The van der Waals surface area contributed by atoms with Crippen molar-refractivity contribution in [1.82, 2.24) is 20.4 Å². The minimum atomic E-state index is -0.613. The highest BCUT2D eigenvalue weighted by Gasteiger charge is 2.30. The number of β-amino-alcohol motifs (C(OH)–C–C–N with tert-alkyl or cyclic N) is 1. The standard InChI is InChI=1S/C16H22N4O3S/c1-10(2)15-5-13(19-23-15)16(22)18-12-3-4-20(7-14(12)21)6-11-8-24-9-17-11/h5,8-10,12,14,21H,3-4,6-7H2,1-2H3,(H,18,22)/t12-,14-/m1/s1. The molecule has 1 fully saturated rings. The molecule has 2 N–H and O–H groups in total. The van der Waals surface area contributed by atoms with E-state index in [1.54, 1.807) is 17.4 Å². The summed E-state index contributed by atoms with van der Waals surface area (Å²) in [5, 5.41) is 19.0. The van der Waals surface area contributed by atoms with E-state index in [2.05, 4.69) is 20.4 Å². The Hall–Kier alpha value is -1.77. The Morgan fingerprint density at radius 2 is 2.42 bits per heavy atom. The van der Waals surface area contributed by atoms with Gasteiger partial charge in [0.15, 0.2) is 5.69 Å². The van der Waals surface area contributed by atoms with Crippen LogP contribution in [0.25, 0.3) is 0 Å². The first-order valence-corrected chi connectivity index (χ1v) is 9.02. The quantitative estimate of drug-likeness (QED) is 0.851. The lowest BCUT2D eigenvalue weighted by atomic mass is 10.0. The number of rotatable bonds is 5. The number of hydrogen-bond donors (Lipinski definition) is 2. The molecule has 0 bridgehead atoms. The van der Waals surface area contributed by atoms with Crippen LogP contribution in [0.15, 0.2) is 21.5 Å². The van der Waals surface area contributed by atoms with Crippen molar-refractivity contribution in [2.45, 2.75) is 44.9 Å². The third kappa shape index (κ3) is 4.00. The number of thiazole rings is 1. The van der Waals surface area contributed by atoms with Gasteiger partial charge in [0.1, 0.15) is 5.76 Å². The van der Waals surface area contributed by atoms with Gasteiger partial charge in [-0.05, 0) is 6.42 Å². The summed E-state index contributed by atoms with van der Waals surface area (Å²) in [5.74, 6) is 0.556. The highest BCUT2D eigenvalue weighted by Crippen LogP contribution is 2.17. The van der Waals surface area contributed by atoms with Crippen LogP contribution in [0.5, 0.6) is 0 Å². The second-order valence-electron chi connectivity index (χ2n) is 6.42. The molecule has 2 aromatic heterocycles. The molecule has 1 saturated heterocycles. The van der Waals surface area contributed by atoms with Gasteiger partial charge in [0, 0.05) is 37.0 Å². The van der Waals surface area contributed by atoms with E-state index in [-0.39, 0.29) is 23.6 Å². The summed E-state index contributed by atoms with van der Waals surface area (Å²) in [5.41, 5.74) is 3.08. The van der Waals surface area contributed by atoms with E-state index in [4.69, 9.17) is 4.52 Å². The topological polar surface area (TPSA) is 91.5 Å². The van der Waals surface area contributed by atoms with Gasteiger partial charge < -0.3 is 14.9 Å². The molecule has 0 unspecified atom stereocenters. The first-order valence-electron chi connectivity index (χ1n) is 8.08. The summed E-state index contributed by atoms with van der Waals surface area (Å²) in [6.07, 6.45) is 0.0733. The number of aliphatic hydroxyl groups excluding tert-OH is 1. The molecule has 3 rings (SSSR count). The van der Waals surface area contributed by atoms with Crippen LogP contribution >= 0.6 is 11.3 Å². The molecule has 0 aliphatic carbocycles. The number of carbonyl (C=O) groups is 1. The summed E-state index contributed by atoms with van der Waals surface area (Å²) >= 11 is 1.57. The normalized spacial score (nSPS) is 22.0. The smallest absolute Gasteiger partial charge is 0.273 e. The number of nitrogens with zero attached hydrogens (tertiary/aromatic N) is 3. The Bertz CT molecular complexity index is 671. The Morgan fingerprint density at radius 3 is 3.04 bits per heavy atom. The van der Waals surface area contributed by atoms with Crippen molar-refractivity contribution in [3.63, 3.8) is 0 Å². The summed E-state index contributed by atoms with van der Waals surface area (Å²) in [6.45, 7) is 5.99. The molecule has 130 valence electrons. The SMILES string of the molecule is CC(C)c1cc(C(=O)N[C@@H]2CCN(Cc3cscn3)C[C@H]2O)no1. The van der Waals surface area contributed by atoms with Crippen LogP contribution in [-0.4, -0.2) is 51.3 Å². The maximum absolute atomic E-state index is 12.3. The maximum atomic E-state index is 12.3. The van der Waals surface area contributed by atoms with Crippen molar-refractivity contribution in [3.8, 4) is 0 Å². The lowest BCUT2D eigenvalue weighted by Gasteiger charge is -2.35. The molecule has 1 amide bonds. The van der Waals surface area contributed by atoms with E-state index in [0.29, 0.717) is 18.7 Å². The zero-order valence-electron chi connectivity index (χ0n) is 13.8. The summed E-state index contributed by atoms with van der Waals surface area (Å²) in [6, 6.07) is 1.38. The van der Waals surface area contributed by atoms with Crippen molar-refractivity contribution in [2.75, 3.05) is 13.1 Å². The Labute approximate surface area is 144 Å². The van der Waals surface area contributed by atoms with E-state index < -0.39 is 6.10 Å². The molecule has 0 spiro atoms. The third-order valence-corrected chi connectivity index (χ3v) is 4.82. The number of carbonyl (C=O) groups excluding carboxylic acids is 1. The summed E-state index contributed by atoms with van der Waals surface area (Å²) in [4.78, 5) is 18.7. The summed E-state index contributed by atoms with van der Waals surface area (Å²) < 4.78 is 5.15. The van der Waals surface area contributed by atoms with Gasteiger partial charge >= 0.3 is 0 Å². The molecule has 0 saturated carbocycles. The van der Waals surface area contributed by atoms with Crippen LogP contribution in [0.1, 0.15) is 48.1 Å². The van der Waals surface area contributed by atoms with Crippen LogP contribution in [0.4, 0.5) is 0 Å². The lowest BCUT2D eigenvalue weighted by molar-refractivity contribution is 0.0344. The maximum Gasteiger partial charge on any atom is 0.273 e. The largest absolute Gasteiger partial charge is 0.390 e. The van der Waals surface area contributed by atoms with E-state index in [9.17, 15) is 9.90 Å². The monoisotopic (exact) mass is 350 g/mol. The number of hydrogen-bond acceptors (Lipinski definition) is 7. The van der Waals surface area contributed by atoms with Crippen molar-refractivity contribution in [2.24, 2.45) is 0 Å². The molecule has 7 nitrogen and oxygen atoms in total. The van der Waals surface area contributed by atoms with Gasteiger partial charge in [-0.15, -0.1) is 11.3 Å². The second-order valence-corrected chi connectivity index (χ2v) is 7.14. The molecule has 1 aliphatic rings. The molecule has 1 aliphatic heterocycles. The zero-order valence-corrected chi connectivity index (χ0v) is 14.6. The van der Waals surface area contributed by atoms with E-state index in [1.165, 1.54) is 0 Å². The molecule has 24 heavy (non-hydrogen) atoms. The number of aromatic nitrogens is 2. The highest BCUT2D eigenvalue weighted by molar-refractivity contribution is 7.07. The van der Waals surface area contributed by atoms with Gasteiger partial charge in [-0.3, -0.25) is 9.69 Å². The molecule has 2 atom stereocenters. The number of likely N-dealkylation sites (tertiary alicyclic amines) is 1. The molecular formula is C16H22N4O3S. The van der Waals surface area contributed by atoms with Crippen LogP contribution in [0.2, 0.25) is 0 Å². The minimum Gasteiger partial charge on any atom is -0.390 e. The minimum absolute atomic E-state index is 0.179.